The van der Waals surface area contributed by atoms with Gasteiger partial charge in [0, 0.05) is 40.7 Å². The number of nitriles is 1. The van der Waals surface area contributed by atoms with E-state index in [0.29, 0.717) is 52.0 Å². The molecule has 0 saturated carbocycles. The van der Waals surface area contributed by atoms with Crippen molar-refractivity contribution in [2.45, 2.75) is 13.8 Å². The second-order valence-electron chi connectivity index (χ2n) is 12.4. The van der Waals surface area contributed by atoms with E-state index in [0.717, 1.165) is 57.4 Å². The van der Waals surface area contributed by atoms with Crippen LogP contribution in [0.3, 0.4) is 0 Å². The lowest BCUT2D eigenvalue weighted by atomic mass is 10.0. The number of ether oxygens (including phenoxy) is 1. The molecule has 0 bridgehead atoms. The summed E-state index contributed by atoms with van der Waals surface area (Å²) in [6.45, 7) is 6.77. The lowest BCUT2D eigenvalue weighted by Crippen LogP contribution is -2.36. The molecule has 0 radical (unpaired) electrons. The molecule has 9 heteroatoms. The SMILES string of the molecule is Cc1c(-c2ccccc2F)nc2ccccc2c1Cl.Cc1c(-c2ccccc2F)nc2ccccc2c1Nc1cc(N2CCOCC2)ccc1C#N. The Kier molecular flexibility index (Phi) is 10.1. The van der Waals surface area contributed by atoms with Crippen LogP contribution in [0.4, 0.5) is 25.8 Å². The molecule has 0 atom stereocenters. The summed E-state index contributed by atoms with van der Waals surface area (Å²) in [4.78, 5) is 11.6. The summed E-state index contributed by atoms with van der Waals surface area (Å²) in [6, 6.07) is 36.7. The Balaban J connectivity index is 0.000000187. The van der Waals surface area contributed by atoms with Crippen LogP contribution in [-0.4, -0.2) is 36.3 Å². The zero-order valence-electron chi connectivity index (χ0n) is 28.6. The lowest BCUT2D eigenvalue weighted by molar-refractivity contribution is 0.122. The highest BCUT2D eigenvalue weighted by molar-refractivity contribution is 6.36. The molecule has 52 heavy (non-hydrogen) atoms. The minimum Gasteiger partial charge on any atom is -0.378 e. The predicted molar refractivity (Wildman–Crippen MR) is 206 cm³/mol. The first-order chi connectivity index (χ1) is 25.3. The van der Waals surface area contributed by atoms with Crippen molar-refractivity contribution in [1.29, 1.82) is 5.26 Å². The number of halogens is 3. The number of benzene rings is 5. The van der Waals surface area contributed by atoms with Gasteiger partial charge in [0.05, 0.1) is 57.6 Å². The molecule has 0 unspecified atom stereocenters. The summed E-state index contributed by atoms with van der Waals surface area (Å²) in [6.07, 6.45) is 0. The molecule has 1 N–H and O–H groups in total. The van der Waals surface area contributed by atoms with E-state index in [2.05, 4.69) is 21.3 Å². The molecule has 0 aliphatic carbocycles. The molecule has 6 nitrogen and oxygen atoms in total. The van der Waals surface area contributed by atoms with E-state index >= 15 is 0 Å². The molecule has 5 aromatic carbocycles. The van der Waals surface area contributed by atoms with E-state index in [1.165, 1.54) is 12.1 Å². The van der Waals surface area contributed by atoms with Crippen molar-refractivity contribution in [3.8, 4) is 28.6 Å². The predicted octanol–water partition coefficient (Wildman–Crippen LogP) is 10.8. The highest BCUT2D eigenvalue weighted by Gasteiger charge is 2.19. The van der Waals surface area contributed by atoms with Crippen molar-refractivity contribution in [3.63, 3.8) is 0 Å². The van der Waals surface area contributed by atoms with E-state index < -0.39 is 0 Å². The van der Waals surface area contributed by atoms with Gasteiger partial charge in [0.1, 0.15) is 17.7 Å². The van der Waals surface area contributed by atoms with Gasteiger partial charge < -0.3 is 15.0 Å². The monoisotopic (exact) mass is 709 g/mol. The van der Waals surface area contributed by atoms with Crippen LogP contribution in [0.25, 0.3) is 44.3 Å². The Labute approximate surface area is 305 Å². The largest absolute Gasteiger partial charge is 0.378 e. The Hall–Kier alpha value is -5.88. The van der Waals surface area contributed by atoms with Crippen LogP contribution in [0.15, 0.2) is 115 Å². The van der Waals surface area contributed by atoms with E-state index in [9.17, 15) is 14.0 Å². The molecular weight excluding hydrogens is 676 g/mol. The van der Waals surface area contributed by atoms with Crippen molar-refractivity contribution in [2.24, 2.45) is 0 Å². The van der Waals surface area contributed by atoms with Gasteiger partial charge in [-0.15, -0.1) is 0 Å². The third-order valence-electron chi connectivity index (χ3n) is 9.21. The van der Waals surface area contributed by atoms with Gasteiger partial charge in [-0.1, -0.05) is 72.3 Å². The summed E-state index contributed by atoms with van der Waals surface area (Å²) in [5.41, 5.74) is 8.35. The Morgan fingerprint density at radius 3 is 1.87 bits per heavy atom. The molecule has 2 aromatic heterocycles. The Morgan fingerprint density at radius 1 is 0.712 bits per heavy atom. The van der Waals surface area contributed by atoms with Gasteiger partial charge in [0.2, 0.25) is 0 Å². The van der Waals surface area contributed by atoms with E-state index in [1.54, 1.807) is 36.4 Å². The maximum atomic E-state index is 14.7. The molecule has 0 amide bonds. The molecule has 1 fully saturated rings. The number of pyridine rings is 2. The van der Waals surface area contributed by atoms with E-state index in [4.69, 9.17) is 21.3 Å². The summed E-state index contributed by atoms with van der Waals surface area (Å²) < 4.78 is 34.0. The van der Waals surface area contributed by atoms with Crippen LogP contribution in [-0.2, 0) is 4.74 Å². The molecular formula is C43H34ClF2N5O. The van der Waals surface area contributed by atoms with Crippen LogP contribution in [0, 0.1) is 36.8 Å². The highest BCUT2D eigenvalue weighted by Crippen LogP contribution is 2.38. The van der Waals surface area contributed by atoms with Gasteiger partial charge in [-0.3, -0.25) is 0 Å². The van der Waals surface area contributed by atoms with Crippen molar-refractivity contribution < 1.29 is 13.5 Å². The summed E-state index contributed by atoms with van der Waals surface area (Å²) in [7, 11) is 0. The van der Waals surface area contributed by atoms with Gasteiger partial charge in [-0.05, 0) is 79.6 Å². The lowest BCUT2D eigenvalue weighted by Gasteiger charge is -2.29. The highest BCUT2D eigenvalue weighted by atomic mass is 35.5. The molecule has 1 aliphatic heterocycles. The van der Waals surface area contributed by atoms with Crippen LogP contribution in [0.1, 0.15) is 16.7 Å². The maximum absolute atomic E-state index is 14.7. The molecule has 1 aliphatic rings. The summed E-state index contributed by atoms with van der Waals surface area (Å²) >= 11 is 6.37. The first-order valence-corrected chi connectivity index (χ1v) is 17.3. The quantitative estimate of drug-likeness (QED) is 0.192. The number of anilines is 3. The standard InChI is InChI=1S/C27H23FN4O.C16H11ClFN/c1-18-26(21-6-2-4-8-23(21)28)30-24-9-5-3-7-22(24)27(18)31-25-16-20(11-10-19(25)17-29)32-12-14-33-15-13-32;1-10-15(17)12-7-3-5-9-14(12)19-16(10)11-6-2-4-8-13(11)18/h2-11,16H,12-15H2,1H3,(H,30,31);2-9H,1H3. The number of rotatable bonds is 5. The summed E-state index contributed by atoms with van der Waals surface area (Å²) in [5, 5.41) is 15.7. The number of nitrogens with one attached hydrogen (secondary N) is 1. The number of para-hydroxylation sites is 2. The molecule has 8 rings (SSSR count). The van der Waals surface area contributed by atoms with Crippen molar-refractivity contribution in [1.82, 2.24) is 9.97 Å². The normalized spacial score (nSPS) is 12.7. The second kappa shape index (κ2) is 15.2. The summed E-state index contributed by atoms with van der Waals surface area (Å²) in [5.74, 6) is -0.606. The number of hydrogen-bond donors (Lipinski definition) is 1. The zero-order valence-corrected chi connectivity index (χ0v) is 29.4. The smallest absolute Gasteiger partial charge is 0.132 e. The topological polar surface area (TPSA) is 74.1 Å². The van der Waals surface area contributed by atoms with Gasteiger partial charge in [0.25, 0.3) is 0 Å². The third kappa shape index (κ3) is 6.89. The van der Waals surface area contributed by atoms with Gasteiger partial charge >= 0.3 is 0 Å². The van der Waals surface area contributed by atoms with Crippen LogP contribution in [0.2, 0.25) is 5.02 Å². The van der Waals surface area contributed by atoms with Gasteiger partial charge in [-0.25, -0.2) is 18.7 Å². The van der Waals surface area contributed by atoms with Crippen molar-refractivity contribution >= 4 is 50.5 Å². The second-order valence-corrected chi connectivity index (χ2v) is 12.8. The van der Waals surface area contributed by atoms with Gasteiger partial charge in [-0.2, -0.15) is 5.26 Å². The average molecular weight is 710 g/mol. The van der Waals surface area contributed by atoms with E-state index in [-0.39, 0.29) is 11.6 Å². The van der Waals surface area contributed by atoms with Crippen LogP contribution >= 0.6 is 11.6 Å². The number of aromatic nitrogens is 2. The van der Waals surface area contributed by atoms with Gasteiger partial charge in [0.15, 0.2) is 0 Å². The molecule has 258 valence electrons. The molecule has 7 aromatic rings. The first-order valence-electron chi connectivity index (χ1n) is 16.9. The number of fused-ring (bicyclic) bond motifs is 2. The minimum atomic E-state index is -0.318. The fraction of sp³-hybridized carbons (Fsp3) is 0.140. The van der Waals surface area contributed by atoms with Crippen LogP contribution in [0.5, 0.6) is 0 Å². The third-order valence-corrected chi connectivity index (χ3v) is 9.70. The zero-order chi connectivity index (χ0) is 36.2. The fourth-order valence-electron chi connectivity index (χ4n) is 6.45. The Morgan fingerprint density at radius 2 is 1.25 bits per heavy atom. The minimum absolute atomic E-state index is 0.288. The Bertz CT molecular complexity index is 2470. The van der Waals surface area contributed by atoms with E-state index in [1.807, 2.05) is 80.6 Å². The van der Waals surface area contributed by atoms with Crippen LogP contribution < -0.4 is 10.2 Å². The maximum Gasteiger partial charge on any atom is 0.132 e. The molecule has 0 spiro atoms. The van der Waals surface area contributed by atoms with Crippen molar-refractivity contribution in [2.75, 3.05) is 36.5 Å². The average Bonchev–Trinajstić information content (AvgIpc) is 3.18. The number of morpholine rings is 1. The number of hydrogen-bond acceptors (Lipinski definition) is 6. The first kappa shape index (κ1) is 34.6. The molecule has 1 saturated heterocycles. The molecule has 3 heterocycles. The fourth-order valence-corrected chi connectivity index (χ4v) is 6.70. The number of nitrogens with zero attached hydrogens (tertiary/aromatic N) is 4. The van der Waals surface area contributed by atoms with Crippen molar-refractivity contribution in [3.05, 3.63) is 149 Å².